The molecule has 0 amide bonds. The van der Waals surface area contributed by atoms with Crippen LogP contribution in [0.25, 0.3) is 0 Å². The highest BCUT2D eigenvalue weighted by Crippen LogP contribution is 2.26. The van der Waals surface area contributed by atoms with Gasteiger partial charge in [-0.25, -0.2) is 0 Å². The minimum Gasteiger partial charge on any atom is -0.497 e. The maximum Gasteiger partial charge on any atom is 0.127 e. The molecular formula is C17H27NO3. The molecule has 0 spiro atoms. The lowest BCUT2D eigenvalue weighted by molar-refractivity contribution is 0.0675. The molecule has 1 aromatic carbocycles. The van der Waals surface area contributed by atoms with Gasteiger partial charge in [-0.3, -0.25) is 0 Å². The number of ether oxygens (including phenoxy) is 3. The van der Waals surface area contributed by atoms with Crippen LogP contribution in [0.4, 0.5) is 0 Å². The smallest absolute Gasteiger partial charge is 0.127 e. The topological polar surface area (TPSA) is 39.7 Å². The van der Waals surface area contributed by atoms with Gasteiger partial charge in [-0.15, -0.1) is 0 Å². The van der Waals surface area contributed by atoms with Crippen LogP contribution in [0.3, 0.4) is 0 Å². The number of methoxy groups -OCH3 is 1. The van der Waals surface area contributed by atoms with Crippen LogP contribution < -0.4 is 14.8 Å². The Labute approximate surface area is 127 Å². The highest BCUT2D eigenvalue weighted by Gasteiger charge is 2.17. The lowest BCUT2D eigenvalue weighted by Gasteiger charge is -2.16. The van der Waals surface area contributed by atoms with Crippen molar-refractivity contribution in [3.05, 3.63) is 23.8 Å². The monoisotopic (exact) mass is 293 g/mol. The molecule has 1 aliphatic heterocycles. The lowest BCUT2D eigenvalue weighted by Crippen LogP contribution is -2.21. The zero-order valence-corrected chi connectivity index (χ0v) is 13.4. The molecule has 1 fully saturated rings. The molecule has 1 saturated heterocycles. The van der Waals surface area contributed by atoms with Crippen LogP contribution in [-0.4, -0.2) is 33.0 Å². The first-order valence-corrected chi connectivity index (χ1v) is 7.81. The van der Waals surface area contributed by atoms with E-state index in [1.165, 1.54) is 0 Å². The minimum atomic E-state index is 0.229. The highest BCUT2D eigenvalue weighted by molar-refractivity contribution is 5.40. The number of hydrogen-bond acceptors (Lipinski definition) is 4. The summed E-state index contributed by atoms with van der Waals surface area (Å²) in [5, 5.41) is 3.45. The van der Waals surface area contributed by atoms with Gasteiger partial charge in [0.15, 0.2) is 0 Å². The van der Waals surface area contributed by atoms with Crippen molar-refractivity contribution in [3.8, 4) is 11.5 Å². The molecule has 0 aliphatic carbocycles. The second-order valence-corrected chi connectivity index (χ2v) is 5.94. The standard InChI is InChI=1S/C17H27NO3/c1-13(2)10-18-11-14-6-7-15(19-3)9-17(14)21-12-16-5-4-8-20-16/h6-7,9,13,16,18H,4-5,8,10-12H2,1-3H3. The molecular weight excluding hydrogens is 266 g/mol. The summed E-state index contributed by atoms with van der Waals surface area (Å²) in [5.41, 5.74) is 1.16. The second kappa shape index (κ2) is 8.25. The Morgan fingerprint density at radius 1 is 1.38 bits per heavy atom. The third-order valence-corrected chi connectivity index (χ3v) is 3.59. The molecule has 1 aromatic rings. The predicted molar refractivity (Wildman–Crippen MR) is 84.0 cm³/mol. The normalized spacial score (nSPS) is 18.2. The van der Waals surface area contributed by atoms with E-state index in [1.54, 1.807) is 7.11 Å². The Balaban J connectivity index is 1.96. The van der Waals surface area contributed by atoms with Gasteiger partial charge in [0, 0.05) is 24.8 Å². The molecule has 4 nitrogen and oxygen atoms in total. The Hall–Kier alpha value is -1.26. The van der Waals surface area contributed by atoms with Crippen molar-refractivity contribution in [2.75, 3.05) is 26.9 Å². The largest absolute Gasteiger partial charge is 0.497 e. The van der Waals surface area contributed by atoms with Crippen LogP contribution in [0.15, 0.2) is 18.2 Å². The average Bonchev–Trinajstić information content (AvgIpc) is 2.99. The van der Waals surface area contributed by atoms with Crippen molar-refractivity contribution in [1.29, 1.82) is 0 Å². The molecule has 1 atom stereocenters. The fraction of sp³-hybridized carbons (Fsp3) is 0.647. The molecule has 1 heterocycles. The first kappa shape index (κ1) is 16.1. The van der Waals surface area contributed by atoms with Gasteiger partial charge in [0.25, 0.3) is 0 Å². The molecule has 1 N–H and O–H groups in total. The third-order valence-electron chi connectivity index (χ3n) is 3.59. The van der Waals surface area contributed by atoms with Gasteiger partial charge >= 0.3 is 0 Å². The zero-order valence-electron chi connectivity index (χ0n) is 13.4. The van der Waals surface area contributed by atoms with E-state index < -0.39 is 0 Å². The van der Waals surface area contributed by atoms with E-state index in [-0.39, 0.29) is 6.10 Å². The number of benzene rings is 1. The van der Waals surface area contributed by atoms with Gasteiger partial charge < -0.3 is 19.5 Å². The first-order chi connectivity index (χ1) is 10.2. The molecule has 118 valence electrons. The molecule has 4 heteroatoms. The Morgan fingerprint density at radius 2 is 2.24 bits per heavy atom. The van der Waals surface area contributed by atoms with Crippen LogP contribution >= 0.6 is 0 Å². The van der Waals surface area contributed by atoms with Crippen LogP contribution in [0.5, 0.6) is 11.5 Å². The fourth-order valence-electron chi connectivity index (χ4n) is 2.40. The van der Waals surface area contributed by atoms with Gasteiger partial charge in [0.1, 0.15) is 18.1 Å². The van der Waals surface area contributed by atoms with Gasteiger partial charge in [-0.1, -0.05) is 19.9 Å². The maximum atomic E-state index is 5.98. The quantitative estimate of drug-likeness (QED) is 0.800. The average molecular weight is 293 g/mol. The molecule has 0 bridgehead atoms. The van der Waals surface area contributed by atoms with Crippen LogP contribution in [0.2, 0.25) is 0 Å². The molecule has 0 radical (unpaired) electrons. The minimum absolute atomic E-state index is 0.229. The number of hydrogen-bond donors (Lipinski definition) is 1. The van der Waals surface area contributed by atoms with Crippen molar-refractivity contribution < 1.29 is 14.2 Å². The van der Waals surface area contributed by atoms with Gasteiger partial charge in [-0.2, -0.15) is 0 Å². The van der Waals surface area contributed by atoms with Crippen LogP contribution in [-0.2, 0) is 11.3 Å². The van der Waals surface area contributed by atoms with Crippen molar-refractivity contribution in [3.63, 3.8) is 0 Å². The molecule has 0 aromatic heterocycles. The second-order valence-electron chi connectivity index (χ2n) is 5.94. The maximum absolute atomic E-state index is 5.98. The summed E-state index contributed by atoms with van der Waals surface area (Å²) in [7, 11) is 1.68. The van der Waals surface area contributed by atoms with Crippen molar-refractivity contribution in [1.82, 2.24) is 5.32 Å². The number of rotatable bonds is 8. The highest BCUT2D eigenvalue weighted by atomic mass is 16.5. The van der Waals surface area contributed by atoms with Gasteiger partial charge in [0.05, 0.1) is 13.2 Å². The Bertz CT molecular complexity index is 428. The summed E-state index contributed by atoms with van der Waals surface area (Å²) in [6, 6.07) is 6.00. The lowest BCUT2D eigenvalue weighted by atomic mass is 10.1. The Morgan fingerprint density at radius 3 is 2.90 bits per heavy atom. The summed E-state index contributed by atoms with van der Waals surface area (Å²) in [6.07, 6.45) is 2.45. The molecule has 1 aliphatic rings. The van der Waals surface area contributed by atoms with E-state index in [4.69, 9.17) is 14.2 Å². The summed E-state index contributed by atoms with van der Waals surface area (Å²) in [5.74, 6) is 2.35. The van der Waals surface area contributed by atoms with E-state index in [1.807, 2.05) is 12.1 Å². The van der Waals surface area contributed by atoms with Gasteiger partial charge in [-0.05, 0) is 31.4 Å². The molecule has 1 unspecified atom stereocenters. The predicted octanol–water partition coefficient (Wildman–Crippen LogP) is 3.00. The fourth-order valence-corrected chi connectivity index (χ4v) is 2.40. The molecule has 21 heavy (non-hydrogen) atoms. The molecule has 0 saturated carbocycles. The van der Waals surface area contributed by atoms with Crippen LogP contribution in [0.1, 0.15) is 32.3 Å². The van der Waals surface area contributed by atoms with Crippen molar-refractivity contribution in [2.24, 2.45) is 5.92 Å². The zero-order chi connectivity index (χ0) is 15.1. The van der Waals surface area contributed by atoms with Crippen molar-refractivity contribution in [2.45, 2.75) is 39.3 Å². The van der Waals surface area contributed by atoms with E-state index in [0.29, 0.717) is 12.5 Å². The van der Waals surface area contributed by atoms with E-state index in [2.05, 4.69) is 25.2 Å². The van der Waals surface area contributed by atoms with Crippen LogP contribution in [0, 0.1) is 5.92 Å². The summed E-state index contributed by atoms with van der Waals surface area (Å²) >= 11 is 0. The number of nitrogens with one attached hydrogen (secondary N) is 1. The summed E-state index contributed by atoms with van der Waals surface area (Å²) in [6.45, 7) is 7.69. The first-order valence-electron chi connectivity index (χ1n) is 7.81. The third kappa shape index (κ3) is 5.21. The van der Waals surface area contributed by atoms with Crippen molar-refractivity contribution >= 4 is 0 Å². The summed E-state index contributed by atoms with van der Waals surface area (Å²) in [4.78, 5) is 0. The summed E-state index contributed by atoms with van der Waals surface area (Å²) < 4.78 is 16.9. The van der Waals surface area contributed by atoms with Gasteiger partial charge in [0.2, 0.25) is 0 Å². The Kier molecular flexibility index (Phi) is 6.33. The van der Waals surface area contributed by atoms with E-state index in [0.717, 1.165) is 49.6 Å². The SMILES string of the molecule is COc1ccc(CNCC(C)C)c(OCC2CCCO2)c1. The molecule has 2 rings (SSSR count). The van der Waals surface area contributed by atoms with E-state index >= 15 is 0 Å². The van der Waals surface area contributed by atoms with E-state index in [9.17, 15) is 0 Å².